The Labute approximate surface area is 135 Å². The van der Waals surface area contributed by atoms with Crippen molar-refractivity contribution in [2.45, 2.75) is 25.4 Å². The highest BCUT2D eigenvalue weighted by atomic mass is 19.1. The highest BCUT2D eigenvalue weighted by Crippen LogP contribution is 2.19. The maximum absolute atomic E-state index is 13.2. The molecule has 1 unspecified atom stereocenters. The van der Waals surface area contributed by atoms with Gasteiger partial charge in [-0.15, -0.1) is 0 Å². The van der Waals surface area contributed by atoms with E-state index in [1.165, 1.54) is 17.7 Å². The second-order valence-corrected chi connectivity index (χ2v) is 5.77. The molecule has 1 fully saturated rings. The third-order valence-electron chi connectivity index (χ3n) is 4.16. The van der Waals surface area contributed by atoms with Gasteiger partial charge in [-0.2, -0.15) is 0 Å². The van der Waals surface area contributed by atoms with Crippen molar-refractivity contribution in [3.8, 4) is 0 Å². The number of nitrogens with zero attached hydrogens (tertiary/aromatic N) is 1. The summed E-state index contributed by atoms with van der Waals surface area (Å²) < 4.78 is 18.8. The lowest BCUT2D eigenvalue weighted by Crippen LogP contribution is -2.41. The van der Waals surface area contributed by atoms with Crippen LogP contribution in [0.5, 0.6) is 0 Å². The molecule has 1 aliphatic rings. The van der Waals surface area contributed by atoms with Crippen LogP contribution in [0.3, 0.4) is 0 Å². The zero-order valence-electron chi connectivity index (χ0n) is 13.4. The molecule has 0 saturated carbocycles. The van der Waals surface area contributed by atoms with Crippen LogP contribution in [0, 0.1) is 5.82 Å². The maximum Gasteiger partial charge on any atom is 0.191 e. The van der Waals surface area contributed by atoms with Gasteiger partial charge in [-0.3, -0.25) is 4.99 Å². The van der Waals surface area contributed by atoms with E-state index in [9.17, 15) is 4.39 Å². The van der Waals surface area contributed by atoms with E-state index in [4.69, 9.17) is 4.74 Å². The first-order chi connectivity index (χ1) is 11.3. The first kappa shape index (κ1) is 15.8. The summed E-state index contributed by atoms with van der Waals surface area (Å²) in [4.78, 5) is 7.34. The Balaban J connectivity index is 1.48. The van der Waals surface area contributed by atoms with Crippen LogP contribution < -0.4 is 10.6 Å². The molecule has 0 radical (unpaired) electrons. The van der Waals surface area contributed by atoms with Crippen LogP contribution in [-0.4, -0.2) is 43.8 Å². The Morgan fingerprint density at radius 1 is 1.43 bits per heavy atom. The quantitative estimate of drug-likeness (QED) is 0.585. The van der Waals surface area contributed by atoms with Crippen molar-refractivity contribution in [2.75, 3.05) is 26.7 Å². The number of ether oxygens (including phenoxy) is 1. The number of hydrogen-bond donors (Lipinski definition) is 3. The molecule has 1 aliphatic heterocycles. The Morgan fingerprint density at radius 2 is 2.35 bits per heavy atom. The second-order valence-electron chi connectivity index (χ2n) is 5.77. The number of guanidine groups is 1. The number of halogens is 1. The fourth-order valence-electron chi connectivity index (χ4n) is 2.92. The van der Waals surface area contributed by atoms with E-state index >= 15 is 0 Å². The Kier molecular flexibility index (Phi) is 5.12. The summed E-state index contributed by atoms with van der Waals surface area (Å²) in [6.07, 6.45) is 5.31. The van der Waals surface area contributed by atoms with Gasteiger partial charge in [0, 0.05) is 43.8 Å². The average molecular weight is 318 g/mol. The van der Waals surface area contributed by atoms with E-state index in [-0.39, 0.29) is 11.9 Å². The van der Waals surface area contributed by atoms with E-state index in [1.807, 2.05) is 12.3 Å². The molecule has 124 valence electrons. The second kappa shape index (κ2) is 7.46. The molecule has 0 spiro atoms. The van der Waals surface area contributed by atoms with Gasteiger partial charge in [0.1, 0.15) is 5.82 Å². The van der Waals surface area contributed by atoms with Gasteiger partial charge in [-0.1, -0.05) is 0 Å². The highest BCUT2D eigenvalue weighted by molar-refractivity contribution is 5.83. The molecule has 6 heteroatoms. The minimum absolute atomic E-state index is 0.220. The number of aromatic nitrogens is 1. The van der Waals surface area contributed by atoms with Crippen molar-refractivity contribution in [2.24, 2.45) is 4.99 Å². The molecule has 1 saturated heterocycles. The molecule has 0 aliphatic carbocycles. The topological polar surface area (TPSA) is 61.4 Å². The lowest BCUT2D eigenvalue weighted by Gasteiger charge is -2.14. The number of benzene rings is 1. The fraction of sp³-hybridized carbons (Fsp3) is 0.471. The number of rotatable bonds is 5. The van der Waals surface area contributed by atoms with Gasteiger partial charge < -0.3 is 20.4 Å². The maximum atomic E-state index is 13.2. The summed E-state index contributed by atoms with van der Waals surface area (Å²) in [5, 5.41) is 7.66. The van der Waals surface area contributed by atoms with Crippen LogP contribution in [-0.2, 0) is 11.2 Å². The van der Waals surface area contributed by atoms with Crippen molar-refractivity contribution in [1.82, 2.24) is 15.6 Å². The van der Waals surface area contributed by atoms with Crippen molar-refractivity contribution >= 4 is 16.9 Å². The van der Waals surface area contributed by atoms with Crippen molar-refractivity contribution in [3.05, 3.63) is 35.8 Å². The number of H-pyrrole nitrogens is 1. The molecule has 1 aromatic heterocycles. The number of nitrogens with one attached hydrogen (secondary N) is 3. The van der Waals surface area contributed by atoms with Crippen LogP contribution in [0.15, 0.2) is 29.4 Å². The molecule has 2 aromatic rings. The van der Waals surface area contributed by atoms with Crippen LogP contribution in [0.2, 0.25) is 0 Å². The van der Waals surface area contributed by atoms with Gasteiger partial charge in [0.05, 0.1) is 6.10 Å². The summed E-state index contributed by atoms with van der Waals surface area (Å²) in [6.45, 7) is 2.40. The van der Waals surface area contributed by atoms with Gasteiger partial charge in [0.15, 0.2) is 5.96 Å². The molecule has 1 aromatic carbocycles. The van der Waals surface area contributed by atoms with Crippen molar-refractivity contribution < 1.29 is 9.13 Å². The molecular formula is C17H23FN4O. The minimum atomic E-state index is -0.220. The van der Waals surface area contributed by atoms with Crippen LogP contribution >= 0.6 is 0 Å². The van der Waals surface area contributed by atoms with Gasteiger partial charge >= 0.3 is 0 Å². The number of aromatic amines is 1. The van der Waals surface area contributed by atoms with Crippen molar-refractivity contribution in [3.63, 3.8) is 0 Å². The standard InChI is InChI=1S/C17H23FN4O/c1-19-17(22-11-14-3-2-8-23-14)20-7-6-12-10-21-16-9-13(18)4-5-15(12)16/h4-5,9-10,14,21H,2-3,6-8,11H2,1H3,(H2,19,20,22). The molecule has 2 heterocycles. The summed E-state index contributed by atoms with van der Waals surface area (Å²) >= 11 is 0. The minimum Gasteiger partial charge on any atom is -0.376 e. The Morgan fingerprint density at radius 3 is 3.13 bits per heavy atom. The molecular weight excluding hydrogens is 295 g/mol. The van der Waals surface area contributed by atoms with E-state index in [0.29, 0.717) is 0 Å². The highest BCUT2D eigenvalue weighted by Gasteiger charge is 2.15. The zero-order chi connectivity index (χ0) is 16.1. The van der Waals surface area contributed by atoms with Crippen LogP contribution in [0.1, 0.15) is 18.4 Å². The smallest absolute Gasteiger partial charge is 0.191 e. The van der Waals surface area contributed by atoms with Gasteiger partial charge in [-0.25, -0.2) is 4.39 Å². The summed E-state index contributed by atoms with van der Waals surface area (Å²) in [5.41, 5.74) is 2.00. The van der Waals surface area contributed by atoms with E-state index in [0.717, 1.165) is 55.8 Å². The molecule has 3 rings (SSSR count). The largest absolute Gasteiger partial charge is 0.376 e. The van der Waals surface area contributed by atoms with Gasteiger partial charge in [-0.05, 0) is 43.0 Å². The first-order valence-electron chi connectivity index (χ1n) is 8.08. The molecule has 0 bridgehead atoms. The molecule has 0 amide bonds. The van der Waals surface area contributed by atoms with E-state index in [1.54, 1.807) is 7.05 Å². The van der Waals surface area contributed by atoms with Crippen LogP contribution in [0.4, 0.5) is 4.39 Å². The predicted octanol–water partition coefficient (Wildman–Crippen LogP) is 2.19. The molecule has 1 atom stereocenters. The average Bonchev–Trinajstić information content (AvgIpc) is 3.20. The number of hydrogen-bond acceptors (Lipinski definition) is 2. The molecule has 3 N–H and O–H groups in total. The van der Waals surface area contributed by atoms with E-state index in [2.05, 4.69) is 20.6 Å². The van der Waals surface area contributed by atoms with Crippen molar-refractivity contribution in [1.29, 1.82) is 0 Å². The summed E-state index contributed by atoms with van der Waals surface area (Å²) in [5.74, 6) is 0.564. The monoisotopic (exact) mass is 318 g/mol. The normalized spacial score (nSPS) is 18.5. The summed E-state index contributed by atoms with van der Waals surface area (Å²) in [7, 11) is 1.76. The zero-order valence-corrected chi connectivity index (χ0v) is 13.4. The molecule has 5 nitrogen and oxygen atoms in total. The van der Waals surface area contributed by atoms with Crippen LogP contribution in [0.25, 0.3) is 10.9 Å². The predicted molar refractivity (Wildman–Crippen MR) is 90.3 cm³/mol. The first-order valence-corrected chi connectivity index (χ1v) is 8.08. The summed E-state index contributed by atoms with van der Waals surface area (Å²) in [6, 6.07) is 4.84. The lowest BCUT2D eigenvalue weighted by molar-refractivity contribution is 0.114. The third kappa shape index (κ3) is 4.01. The number of aliphatic imine (C=N–C) groups is 1. The lowest BCUT2D eigenvalue weighted by atomic mass is 10.1. The number of fused-ring (bicyclic) bond motifs is 1. The molecule has 23 heavy (non-hydrogen) atoms. The van der Waals surface area contributed by atoms with Gasteiger partial charge in [0.25, 0.3) is 0 Å². The third-order valence-corrected chi connectivity index (χ3v) is 4.16. The van der Waals surface area contributed by atoms with Gasteiger partial charge in [0.2, 0.25) is 0 Å². The Hall–Kier alpha value is -2.08. The Bertz CT molecular complexity index is 676. The SMILES string of the molecule is CN=C(NCCc1c[nH]c2cc(F)ccc12)NCC1CCCO1. The fourth-order valence-corrected chi connectivity index (χ4v) is 2.92. The van der Waals surface area contributed by atoms with E-state index < -0.39 is 0 Å².